The van der Waals surface area contributed by atoms with Gasteiger partial charge in [-0.25, -0.2) is 0 Å². The predicted octanol–water partition coefficient (Wildman–Crippen LogP) is 2.99. The fraction of sp³-hybridized carbons (Fsp3) is 0.0667. The normalized spacial score (nSPS) is 10.7. The lowest BCUT2D eigenvalue weighted by atomic mass is 10.1. The average molecular weight is 289 g/mol. The van der Waals surface area contributed by atoms with Crippen LogP contribution in [0.2, 0.25) is 5.02 Å². The van der Waals surface area contributed by atoms with Crippen molar-refractivity contribution >= 4 is 23.7 Å². The Balaban J connectivity index is 1.86. The van der Waals surface area contributed by atoms with E-state index in [1.807, 2.05) is 12.1 Å². The van der Waals surface area contributed by atoms with E-state index in [0.29, 0.717) is 17.2 Å². The van der Waals surface area contributed by atoms with Gasteiger partial charge in [0.15, 0.2) is 0 Å². The van der Waals surface area contributed by atoms with Gasteiger partial charge in [-0.05, 0) is 35.4 Å². The van der Waals surface area contributed by atoms with E-state index < -0.39 is 5.91 Å². The summed E-state index contributed by atoms with van der Waals surface area (Å²) in [6.45, 7) is 0.323. The van der Waals surface area contributed by atoms with Crippen LogP contribution in [0.25, 0.3) is 0 Å². The molecule has 0 radical (unpaired) electrons. The number of carbonyl (C=O) groups is 1. The monoisotopic (exact) mass is 288 g/mol. The second-order valence-corrected chi connectivity index (χ2v) is 4.56. The van der Waals surface area contributed by atoms with Gasteiger partial charge >= 0.3 is 0 Å². The first-order chi connectivity index (χ1) is 9.65. The Bertz CT molecular complexity index is 607. The zero-order chi connectivity index (χ0) is 14.4. The molecule has 0 spiro atoms. The Morgan fingerprint density at radius 2 is 1.80 bits per heavy atom. The van der Waals surface area contributed by atoms with Crippen LogP contribution >= 0.6 is 11.6 Å². The number of hydrogen-bond donors (Lipinski definition) is 1. The molecule has 0 fully saturated rings. The summed E-state index contributed by atoms with van der Waals surface area (Å²) in [5.74, 6) is -0.446. The van der Waals surface area contributed by atoms with Gasteiger partial charge < -0.3 is 10.6 Å². The van der Waals surface area contributed by atoms with Crippen molar-refractivity contribution in [2.24, 2.45) is 10.9 Å². The van der Waals surface area contributed by atoms with Crippen molar-refractivity contribution in [1.29, 1.82) is 0 Å². The summed E-state index contributed by atoms with van der Waals surface area (Å²) in [6.07, 6.45) is 1.61. The van der Waals surface area contributed by atoms with Crippen molar-refractivity contribution in [3.05, 3.63) is 70.2 Å². The van der Waals surface area contributed by atoms with Crippen LogP contribution in [0.15, 0.2) is 53.7 Å². The third kappa shape index (κ3) is 4.10. The molecule has 0 saturated carbocycles. The summed E-state index contributed by atoms with van der Waals surface area (Å²) in [7, 11) is 0. The molecule has 5 heteroatoms. The van der Waals surface area contributed by atoms with Crippen LogP contribution in [0.5, 0.6) is 0 Å². The van der Waals surface area contributed by atoms with E-state index in [1.165, 1.54) is 0 Å². The number of oxime groups is 1. The van der Waals surface area contributed by atoms with E-state index in [0.717, 1.165) is 11.1 Å². The summed E-state index contributed by atoms with van der Waals surface area (Å²) in [5.41, 5.74) is 7.44. The molecule has 0 aromatic heterocycles. The SMILES string of the molecule is NC(=O)c1ccc(CO/N=C/c2ccc(Cl)cc2)cc1. The van der Waals surface area contributed by atoms with Gasteiger partial charge in [0.1, 0.15) is 6.61 Å². The first-order valence-corrected chi connectivity index (χ1v) is 6.32. The highest BCUT2D eigenvalue weighted by Crippen LogP contribution is 2.08. The molecule has 2 rings (SSSR count). The molecule has 4 nitrogen and oxygen atoms in total. The summed E-state index contributed by atoms with van der Waals surface area (Å²) in [6, 6.07) is 14.1. The molecular formula is C15H13ClN2O2. The topological polar surface area (TPSA) is 64.7 Å². The van der Waals surface area contributed by atoms with Gasteiger partial charge in [0.2, 0.25) is 5.91 Å². The molecule has 0 heterocycles. The lowest BCUT2D eigenvalue weighted by Crippen LogP contribution is -2.10. The fourth-order valence-corrected chi connectivity index (χ4v) is 1.65. The maximum absolute atomic E-state index is 10.9. The summed E-state index contributed by atoms with van der Waals surface area (Å²) >= 11 is 5.78. The zero-order valence-electron chi connectivity index (χ0n) is 10.6. The standard InChI is InChI=1S/C15H13ClN2O2/c16-14-7-3-11(4-8-14)9-18-20-10-12-1-5-13(6-2-12)15(17)19/h1-9H,10H2,(H2,17,19)/b18-9+. The minimum Gasteiger partial charge on any atom is -0.391 e. The second-order valence-electron chi connectivity index (χ2n) is 4.12. The molecule has 2 aromatic carbocycles. The number of hydrogen-bond acceptors (Lipinski definition) is 3. The van der Waals surface area contributed by atoms with E-state index in [2.05, 4.69) is 5.16 Å². The van der Waals surface area contributed by atoms with Crippen molar-refractivity contribution in [2.75, 3.05) is 0 Å². The Morgan fingerprint density at radius 1 is 1.15 bits per heavy atom. The summed E-state index contributed by atoms with van der Waals surface area (Å²) < 4.78 is 0. The van der Waals surface area contributed by atoms with Gasteiger partial charge in [-0.3, -0.25) is 4.79 Å². The second kappa shape index (κ2) is 6.73. The largest absolute Gasteiger partial charge is 0.391 e. The molecule has 0 atom stereocenters. The van der Waals surface area contributed by atoms with Gasteiger partial charge in [0.05, 0.1) is 6.21 Å². The fourth-order valence-electron chi connectivity index (χ4n) is 1.52. The van der Waals surface area contributed by atoms with Crippen LogP contribution in [0.3, 0.4) is 0 Å². The number of primary amides is 1. The Morgan fingerprint density at radius 3 is 2.40 bits per heavy atom. The number of rotatable bonds is 5. The van der Waals surface area contributed by atoms with Gasteiger partial charge in [0, 0.05) is 10.6 Å². The molecule has 1 amide bonds. The minimum atomic E-state index is -0.446. The molecule has 20 heavy (non-hydrogen) atoms. The van der Waals surface area contributed by atoms with Crippen LogP contribution in [-0.4, -0.2) is 12.1 Å². The highest BCUT2D eigenvalue weighted by molar-refractivity contribution is 6.30. The van der Waals surface area contributed by atoms with E-state index in [4.69, 9.17) is 22.2 Å². The Labute approximate surface area is 121 Å². The predicted molar refractivity (Wildman–Crippen MR) is 78.8 cm³/mol. The van der Waals surface area contributed by atoms with Crippen LogP contribution in [0, 0.1) is 0 Å². The van der Waals surface area contributed by atoms with E-state index in [-0.39, 0.29) is 0 Å². The number of amides is 1. The third-order valence-corrected chi connectivity index (χ3v) is 2.87. The van der Waals surface area contributed by atoms with Crippen LogP contribution in [0.4, 0.5) is 0 Å². The van der Waals surface area contributed by atoms with Crippen LogP contribution in [0.1, 0.15) is 21.5 Å². The van der Waals surface area contributed by atoms with E-state index in [9.17, 15) is 4.79 Å². The maximum Gasteiger partial charge on any atom is 0.248 e. The lowest BCUT2D eigenvalue weighted by Gasteiger charge is -2.01. The number of halogens is 1. The van der Waals surface area contributed by atoms with Crippen molar-refractivity contribution in [2.45, 2.75) is 6.61 Å². The van der Waals surface area contributed by atoms with Crippen LogP contribution < -0.4 is 5.73 Å². The quantitative estimate of drug-likeness (QED) is 0.679. The number of nitrogens with two attached hydrogens (primary N) is 1. The van der Waals surface area contributed by atoms with E-state index in [1.54, 1.807) is 42.6 Å². The van der Waals surface area contributed by atoms with Crippen molar-refractivity contribution in [1.82, 2.24) is 0 Å². The van der Waals surface area contributed by atoms with Crippen molar-refractivity contribution < 1.29 is 9.63 Å². The van der Waals surface area contributed by atoms with E-state index >= 15 is 0 Å². The summed E-state index contributed by atoms with van der Waals surface area (Å²) in [5, 5.41) is 4.54. The van der Waals surface area contributed by atoms with Crippen LogP contribution in [-0.2, 0) is 11.4 Å². The number of carbonyl (C=O) groups excluding carboxylic acids is 1. The Hall–Kier alpha value is -2.33. The maximum atomic E-state index is 10.9. The molecule has 0 unspecified atom stereocenters. The molecule has 102 valence electrons. The minimum absolute atomic E-state index is 0.323. The Kier molecular flexibility index (Phi) is 4.74. The third-order valence-electron chi connectivity index (χ3n) is 2.62. The number of nitrogens with zero attached hydrogens (tertiary/aromatic N) is 1. The molecule has 0 aliphatic carbocycles. The highest BCUT2D eigenvalue weighted by Gasteiger charge is 1.99. The first-order valence-electron chi connectivity index (χ1n) is 5.95. The van der Waals surface area contributed by atoms with Gasteiger partial charge in [-0.1, -0.05) is 41.0 Å². The zero-order valence-corrected chi connectivity index (χ0v) is 11.4. The lowest BCUT2D eigenvalue weighted by molar-refractivity contribution is 0.1000. The highest BCUT2D eigenvalue weighted by atomic mass is 35.5. The summed E-state index contributed by atoms with van der Waals surface area (Å²) in [4.78, 5) is 16.1. The van der Waals surface area contributed by atoms with Crippen molar-refractivity contribution in [3.63, 3.8) is 0 Å². The molecule has 0 saturated heterocycles. The molecule has 0 bridgehead atoms. The first kappa shape index (κ1) is 14.1. The molecular weight excluding hydrogens is 276 g/mol. The number of benzene rings is 2. The van der Waals surface area contributed by atoms with Gasteiger partial charge in [0.25, 0.3) is 0 Å². The van der Waals surface area contributed by atoms with Crippen molar-refractivity contribution in [3.8, 4) is 0 Å². The molecule has 2 N–H and O–H groups in total. The molecule has 2 aromatic rings. The smallest absolute Gasteiger partial charge is 0.248 e. The molecule has 0 aliphatic heterocycles. The van der Waals surface area contributed by atoms with Gasteiger partial charge in [-0.15, -0.1) is 0 Å². The average Bonchev–Trinajstić information content (AvgIpc) is 2.46. The van der Waals surface area contributed by atoms with Gasteiger partial charge in [-0.2, -0.15) is 0 Å². The molecule has 0 aliphatic rings.